The van der Waals surface area contributed by atoms with Crippen LogP contribution in [0.1, 0.15) is 18.2 Å². The van der Waals surface area contributed by atoms with Gasteiger partial charge in [-0.15, -0.1) is 0 Å². The van der Waals surface area contributed by atoms with Gasteiger partial charge in [0.1, 0.15) is 12.4 Å². The number of amides is 2. The van der Waals surface area contributed by atoms with E-state index < -0.39 is 6.10 Å². The van der Waals surface area contributed by atoms with Gasteiger partial charge in [-0.25, -0.2) is 4.79 Å². The van der Waals surface area contributed by atoms with Gasteiger partial charge in [-0.05, 0) is 30.7 Å². The highest BCUT2D eigenvalue weighted by molar-refractivity contribution is 5.73. The Morgan fingerprint density at radius 1 is 1.17 bits per heavy atom. The fourth-order valence-corrected chi connectivity index (χ4v) is 2.20. The zero-order valence-electron chi connectivity index (χ0n) is 13.2. The Kier molecular flexibility index (Phi) is 6.50. The van der Waals surface area contributed by atoms with E-state index in [4.69, 9.17) is 4.74 Å². The molecule has 0 saturated carbocycles. The van der Waals surface area contributed by atoms with Crippen LogP contribution in [-0.2, 0) is 7.05 Å². The summed E-state index contributed by atoms with van der Waals surface area (Å²) in [4.78, 5) is 11.6. The minimum absolute atomic E-state index is 0.263. The summed E-state index contributed by atoms with van der Waals surface area (Å²) in [5.74, 6) is 0.778. The minimum atomic E-state index is -0.586. The van der Waals surface area contributed by atoms with Crippen LogP contribution in [0.4, 0.5) is 4.79 Å². The molecule has 1 aromatic carbocycles. The number of carbonyl (C=O) groups is 1. The molecular weight excluding hydrogens is 294 g/mol. The van der Waals surface area contributed by atoms with Crippen LogP contribution in [0.2, 0.25) is 0 Å². The lowest BCUT2D eigenvalue weighted by atomic mass is 10.2. The van der Waals surface area contributed by atoms with Crippen LogP contribution in [0.3, 0.4) is 0 Å². The maximum absolute atomic E-state index is 11.6. The van der Waals surface area contributed by atoms with Crippen molar-refractivity contribution in [1.82, 2.24) is 15.2 Å². The van der Waals surface area contributed by atoms with Crippen LogP contribution in [0.15, 0.2) is 48.7 Å². The number of aromatic nitrogens is 1. The average Bonchev–Trinajstić information content (AvgIpc) is 2.99. The monoisotopic (exact) mass is 317 g/mol. The quantitative estimate of drug-likeness (QED) is 0.650. The van der Waals surface area contributed by atoms with E-state index in [1.807, 2.05) is 60.3 Å². The van der Waals surface area contributed by atoms with E-state index >= 15 is 0 Å². The van der Waals surface area contributed by atoms with E-state index in [1.54, 1.807) is 0 Å². The molecule has 2 amide bonds. The SMILES string of the molecule is Cn1cccc1C(O)CCNC(=O)NCCOc1ccccc1. The molecule has 6 nitrogen and oxygen atoms in total. The Bertz CT molecular complexity index is 598. The van der Waals surface area contributed by atoms with Crippen LogP contribution in [0, 0.1) is 0 Å². The first-order chi connectivity index (χ1) is 11.2. The summed E-state index contributed by atoms with van der Waals surface area (Å²) in [6.07, 6.45) is 1.76. The summed E-state index contributed by atoms with van der Waals surface area (Å²) >= 11 is 0. The summed E-state index contributed by atoms with van der Waals surface area (Å²) in [7, 11) is 1.88. The van der Waals surface area contributed by atoms with Crippen molar-refractivity contribution in [2.45, 2.75) is 12.5 Å². The summed E-state index contributed by atoms with van der Waals surface area (Å²) < 4.78 is 7.34. The Labute approximate surface area is 136 Å². The van der Waals surface area contributed by atoms with Gasteiger partial charge >= 0.3 is 6.03 Å². The number of aliphatic hydroxyl groups is 1. The maximum atomic E-state index is 11.6. The van der Waals surface area contributed by atoms with Crippen molar-refractivity contribution >= 4 is 6.03 Å². The molecule has 0 saturated heterocycles. The molecule has 0 bridgehead atoms. The standard InChI is InChI=1S/C17H23N3O3/c1-20-12-5-8-15(20)16(21)9-10-18-17(22)19-11-13-23-14-6-3-2-4-7-14/h2-8,12,16,21H,9-11,13H2,1H3,(H2,18,19,22). The number of para-hydroxylation sites is 1. The lowest BCUT2D eigenvalue weighted by molar-refractivity contribution is 0.159. The van der Waals surface area contributed by atoms with E-state index in [0.717, 1.165) is 11.4 Å². The molecule has 1 atom stereocenters. The minimum Gasteiger partial charge on any atom is -0.492 e. The van der Waals surface area contributed by atoms with Crippen molar-refractivity contribution in [1.29, 1.82) is 0 Å². The fourth-order valence-electron chi connectivity index (χ4n) is 2.20. The molecule has 0 radical (unpaired) electrons. The van der Waals surface area contributed by atoms with Crippen molar-refractivity contribution in [2.75, 3.05) is 19.7 Å². The highest BCUT2D eigenvalue weighted by Gasteiger charge is 2.10. The number of rotatable bonds is 8. The second-order valence-corrected chi connectivity index (χ2v) is 5.19. The number of ether oxygens (including phenoxy) is 1. The first-order valence-electron chi connectivity index (χ1n) is 7.65. The van der Waals surface area contributed by atoms with Crippen LogP contribution in [0.25, 0.3) is 0 Å². The third-order valence-electron chi connectivity index (χ3n) is 3.43. The number of hydrogen-bond donors (Lipinski definition) is 3. The zero-order valence-corrected chi connectivity index (χ0v) is 13.2. The van der Waals surface area contributed by atoms with E-state index in [9.17, 15) is 9.90 Å². The maximum Gasteiger partial charge on any atom is 0.314 e. The molecule has 23 heavy (non-hydrogen) atoms. The summed E-state index contributed by atoms with van der Waals surface area (Å²) in [5, 5.41) is 15.5. The summed E-state index contributed by atoms with van der Waals surface area (Å²) in [6, 6.07) is 12.9. The number of urea groups is 1. The zero-order chi connectivity index (χ0) is 16.5. The van der Waals surface area contributed by atoms with Gasteiger partial charge in [-0.3, -0.25) is 0 Å². The average molecular weight is 317 g/mol. The molecule has 0 aliphatic carbocycles. The topological polar surface area (TPSA) is 75.5 Å². The lowest BCUT2D eigenvalue weighted by Crippen LogP contribution is -2.38. The van der Waals surface area contributed by atoms with Gasteiger partial charge in [0.2, 0.25) is 0 Å². The smallest absolute Gasteiger partial charge is 0.314 e. The van der Waals surface area contributed by atoms with Gasteiger partial charge in [0.15, 0.2) is 0 Å². The fraction of sp³-hybridized carbons (Fsp3) is 0.353. The molecule has 1 heterocycles. The van der Waals surface area contributed by atoms with Gasteiger partial charge in [0, 0.05) is 25.5 Å². The highest BCUT2D eigenvalue weighted by atomic mass is 16.5. The van der Waals surface area contributed by atoms with Gasteiger partial charge < -0.3 is 25.0 Å². The Balaban J connectivity index is 1.56. The lowest BCUT2D eigenvalue weighted by Gasteiger charge is -2.13. The van der Waals surface area contributed by atoms with Gasteiger partial charge in [-0.2, -0.15) is 0 Å². The highest BCUT2D eigenvalue weighted by Crippen LogP contribution is 2.15. The van der Waals surface area contributed by atoms with Gasteiger partial charge in [-0.1, -0.05) is 18.2 Å². The van der Waals surface area contributed by atoms with E-state index in [1.165, 1.54) is 0 Å². The van der Waals surface area contributed by atoms with Crippen molar-refractivity contribution < 1.29 is 14.6 Å². The molecule has 6 heteroatoms. The largest absolute Gasteiger partial charge is 0.492 e. The Morgan fingerprint density at radius 3 is 2.61 bits per heavy atom. The number of benzene rings is 1. The number of nitrogens with one attached hydrogen (secondary N) is 2. The number of nitrogens with zero attached hydrogens (tertiary/aromatic N) is 1. The molecule has 3 N–H and O–H groups in total. The molecule has 0 spiro atoms. The number of aryl methyl sites for hydroxylation is 1. The first-order valence-corrected chi connectivity index (χ1v) is 7.65. The van der Waals surface area contributed by atoms with Crippen molar-refractivity contribution in [3.05, 3.63) is 54.4 Å². The third-order valence-corrected chi connectivity index (χ3v) is 3.43. The number of hydrogen-bond acceptors (Lipinski definition) is 3. The summed E-state index contributed by atoms with van der Waals surface area (Å²) in [6.45, 7) is 1.22. The molecule has 2 aromatic rings. The number of carbonyl (C=O) groups excluding carboxylic acids is 1. The molecular formula is C17H23N3O3. The predicted molar refractivity (Wildman–Crippen MR) is 88.3 cm³/mol. The van der Waals surface area contributed by atoms with Crippen molar-refractivity contribution in [2.24, 2.45) is 7.05 Å². The number of aliphatic hydroxyl groups excluding tert-OH is 1. The van der Waals surface area contributed by atoms with E-state index in [-0.39, 0.29) is 6.03 Å². The van der Waals surface area contributed by atoms with Crippen LogP contribution >= 0.6 is 0 Å². The molecule has 0 aliphatic heterocycles. The molecule has 124 valence electrons. The van der Waals surface area contributed by atoms with Crippen LogP contribution in [-0.4, -0.2) is 35.4 Å². The van der Waals surface area contributed by atoms with E-state index in [2.05, 4.69) is 10.6 Å². The van der Waals surface area contributed by atoms with Gasteiger partial charge in [0.25, 0.3) is 0 Å². The molecule has 1 unspecified atom stereocenters. The molecule has 0 aliphatic rings. The Morgan fingerprint density at radius 2 is 1.91 bits per heavy atom. The second kappa shape index (κ2) is 8.85. The molecule has 0 fully saturated rings. The summed E-state index contributed by atoms with van der Waals surface area (Å²) in [5.41, 5.74) is 0.837. The third kappa shape index (κ3) is 5.67. The second-order valence-electron chi connectivity index (χ2n) is 5.19. The van der Waals surface area contributed by atoms with Crippen LogP contribution in [0.5, 0.6) is 5.75 Å². The van der Waals surface area contributed by atoms with Crippen molar-refractivity contribution in [3.63, 3.8) is 0 Å². The van der Waals surface area contributed by atoms with Crippen molar-refractivity contribution in [3.8, 4) is 5.75 Å². The molecule has 1 aromatic heterocycles. The Hall–Kier alpha value is -2.47. The van der Waals surface area contributed by atoms with Crippen LogP contribution < -0.4 is 15.4 Å². The predicted octanol–water partition coefficient (Wildman–Crippen LogP) is 1.83. The first kappa shape index (κ1) is 16.9. The van der Waals surface area contributed by atoms with E-state index in [0.29, 0.717) is 26.1 Å². The molecule has 2 rings (SSSR count). The van der Waals surface area contributed by atoms with Gasteiger partial charge in [0.05, 0.1) is 12.6 Å². The normalized spacial score (nSPS) is 11.7.